The number of nitrogens with zero attached hydrogens (tertiary/aromatic N) is 3. The van der Waals surface area contributed by atoms with Crippen LogP contribution in [0, 0.1) is 12.8 Å². The molecule has 0 spiro atoms. The van der Waals surface area contributed by atoms with Crippen molar-refractivity contribution in [3.8, 4) is 22.6 Å². The molecule has 2 atom stereocenters. The summed E-state index contributed by atoms with van der Waals surface area (Å²) >= 11 is 0. The van der Waals surface area contributed by atoms with Gasteiger partial charge in [0.05, 0.1) is 19.3 Å². The number of aliphatic carboxylic acids is 1. The molecule has 1 fully saturated rings. The number of carbonyl (C=O) groups excluding carboxylic acids is 1. The second-order valence-electron chi connectivity index (χ2n) is 12.1. The van der Waals surface area contributed by atoms with Crippen LogP contribution in [-0.2, 0) is 16.1 Å². The Hall–Kier alpha value is -4.85. The molecule has 0 saturated heterocycles. The summed E-state index contributed by atoms with van der Waals surface area (Å²) in [6.45, 7) is 12.9. The van der Waals surface area contributed by atoms with Crippen LogP contribution in [0.15, 0.2) is 92.3 Å². The number of anilines is 1. The van der Waals surface area contributed by atoms with E-state index >= 15 is 0 Å². The Morgan fingerprint density at radius 2 is 1.84 bits per heavy atom. The fourth-order valence-corrected chi connectivity index (χ4v) is 5.88. The van der Waals surface area contributed by atoms with Gasteiger partial charge in [-0.3, -0.25) is 9.48 Å². The Bertz CT molecular complexity index is 1680. The van der Waals surface area contributed by atoms with Gasteiger partial charge in [0, 0.05) is 30.4 Å². The molecular weight excluding hydrogens is 566 g/mol. The number of para-hydroxylation sites is 1. The van der Waals surface area contributed by atoms with E-state index < -0.39 is 11.6 Å². The van der Waals surface area contributed by atoms with Crippen molar-refractivity contribution in [3.63, 3.8) is 0 Å². The molecule has 45 heavy (non-hydrogen) atoms. The van der Waals surface area contributed by atoms with E-state index in [4.69, 9.17) is 9.47 Å². The Kier molecular flexibility index (Phi) is 9.42. The van der Waals surface area contributed by atoms with Crippen LogP contribution in [0.1, 0.15) is 55.7 Å². The maximum absolute atomic E-state index is 13.4. The van der Waals surface area contributed by atoms with Crippen LogP contribution in [0.3, 0.4) is 0 Å². The van der Waals surface area contributed by atoms with E-state index in [0.717, 1.165) is 46.7 Å². The fraction of sp³-hybridized carbons (Fsp3) is 0.324. The standard InChI is InChI=1S/C35H37N3O5.C2H4/c1-23-9-4-5-14-31(23)42-16-8-15-32(39)38-22-25-18-29(25)33-28(12-7-13-30(33)38)26-19-36-37(21-26)20-24-10-6-11-27(17-24)43-35(2,3)34(40)41;1-2/h4-7,9-14,17,19,21,25,29H,8,15-16,18,20,22H2,1-3H3,(H,40,41);1-2H2. The van der Waals surface area contributed by atoms with E-state index in [9.17, 15) is 14.7 Å². The van der Waals surface area contributed by atoms with E-state index in [2.05, 4.69) is 30.4 Å². The predicted molar refractivity (Wildman–Crippen MR) is 176 cm³/mol. The topological polar surface area (TPSA) is 93.9 Å². The van der Waals surface area contributed by atoms with Gasteiger partial charge >= 0.3 is 5.97 Å². The lowest BCUT2D eigenvalue weighted by molar-refractivity contribution is -0.152. The van der Waals surface area contributed by atoms with Crippen molar-refractivity contribution in [3.05, 3.63) is 109 Å². The Labute approximate surface area is 264 Å². The van der Waals surface area contributed by atoms with E-state index in [1.165, 1.54) is 19.4 Å². The first-order valence-corrected chi connectivity index (χ1v) is 15.4. The number of rotatable bonds is 11. The Balaban J connectivity index is 0.00000196. The average Bonchev–Trinajstić information content (AvgIpc) is 3.68. The highest BCUT2D eigenvalue weighted by molar-refractivity contribution is 5.97. The quantitative estimate of drug-likeness (QED) is 0.143. The number of amides is 1. The first-order chi connectivity index (χ1) is 21.7. The minimum absolute atomic E-state index is 0.140. The average molecular weight is 608 g/mol. The number of carboxylic acids is 1. The summed E-state index contributed by atoms with van der Waals surface area (Å²) in [7, 11) is 0. The molecule has 8 nitrogen and oxygen atoms in total. The molecule has 4 aromatic rings. The van der Waals surface area contributed by atoms with Crippen molar-refractivity contribution in [2.45, 2.75) is 58.1 Å². The van der Waals surface area contributed by atoms with E-state index in [-0.39, 0.29) is 5.91 Å². The van der Waals surface area contributed by atoms with Gasteiger partial charge in [-0.2, -0.15) is 5.10 Å². The molecular formula is C37H41N3O5. The third kappa shape index (κ3) is 7.11. The van der Waals surface area contributed by atoms with Gasteiger partial charge < -0.3 is 19.5 Å². The van der Waals surface area contributed by atoms with Crippen LogP contribution in [0.5, 0.6) is 11.5 Å². The van der Waals surface area contributed by atoms with Gasteiger partial charge in [-0.15, -0.1) is 13.2 Å². The van der Waals surface area contributed by atoms with Gasteiger partial charge in [0.25, 0.3) is 0 Å². The van der Waals surface area contributed by atoms with Crippen molar-refractivity contribution in [1.82, 2.24) is 9.78 Å². The van der Waals surface area contributed by atoms with E-state index in [1.54, 1.807) is 6.07 Å². The monoisotopic (exact) mass is 607 g/mol. The number of aryl methyl sites for hydroxylation is 1. The summed E-state index contributed by atoms with van der Waals surface area (Å²) in [6.07, 6.45) is 6.12. The molecule has 0 radical (unpaired) electrons. The molecule has 8 heteroatoms. The second kappa shape index (κ2) is 13.4. The number of hydrogen-bond donors (Lipinski definition) is 1. The predicted octanol–water partition coefficient (Wildman–Crippen LogP) is 7.26. The lowest BCUT2D eigenvalue weighted by atomic mass is 9.92. The molecule has 1 aliphatic carbocycles. The van der Waals surface area contributed by atoms with Crippen LogP contribution >= 0.6 is 0 Å². The second-order valence-corrected chi connectivity index (χ2v) is 12.1. The summed E-state index contributed by atoms with van der Waals surface area (Å²) in [6, 6.07) is 21.6. The summed E-state index contributed by atoms with van der Waals surface area (Å²) in [5.74, 6) is 1.45. The maximum atomic E-state index is 13.4. The molecule has 2 unspecified atom stereocenters. The van der Waals surface area contributed by atoms with Crippen molar-refractivity contribution in [1.29, 1.82) is 0 Å². The summed E-state index contributed by atoms with van der Waals surface area (Å²) in [5, 5.41) is 14.0. The van der Waals surface area contributed by atoms with Gasteiger partial charge in [0.2, 0.25) is 5.91 Å². The zero-order valence-corrected chi connectivity index (χ0v) is 26.2. The molecule has 1 saturated carbocycles. The number of carboxylic acid groups (broad SMARTS) is 1. The van der Waals surface area contributed by atoms with Crippen molar-refractivity contribution >= 4 is 17.6 Å². The van der Waals surface area contributed by atoms with Gasteiger partial charge in [-0.1, -0.05) is 42.5 Å². The molecule has 1 N–H and O–H groups in total. The summed E-state index contributed by atoms with van der Waals surface area (Å²) in [5.41, 5.74) is 5.12. The lowest BCUT2D eigenvalue weighted by Crippen LogP contribution is -2.37. The number of hydrogen-bond acceptors (Lipinski definition) is 5. The molecule has 1 amide bonds. The number of fused-ring (bicyclic) bond motifs is 3. The zero-order chi connectivity index (χ0) is 32.1. The molecule has 2 aliphatic rings. The zero-order valence-electron chi connectivity index (χ0n) is 26.2. The largest absolute Gasteiger partial charge is 0.493 e. The van der Waals surface area contributed by atoms with E-state index in [1.807, 2.05) is 77.4 Å². The summed E-state index contributed by atoms with van der Waals surface area (Å²) < 4.78 is 13.5. The van der Waals surface area contributed by atoms with Crippen LogP contribution < -0.4 is 14.4 Å². The minimum atomic E-state index is -1.32. The van der Waals surface area contributed by atoms with Crippen molar-refractivity contribution in [2.75, 3.05) is 18.1 Å². The molecule has 2 heterocycles. The lowest BCUT2D eigenvalue weighted by Gasteiger charge is -2.30. The highest BCUT2D eigenvalue weighted by Crippen LogP contribution is 2.57. The number of ether oxygens (including phenoxy) is 2. The van der Waals surface area contributed by atoms with Crippen LogP contribution in [0.4, 0.5) is 5.69 Å². The molecule has 234 valence electrons. The molecule has 1 aromatic heterocycles. The molecule has 0 bridgehead atoms. The van der Waals surface area contributed by atoms with E-state index in [0.29, 0.717) is 43.6 Å². The Morgan fingerprint density at radius 1 is 1.07 bits per heavy atom. The number of aromatic nitrogens is 2. The van der Waals surface area contributed by atoms with Crippen molar-refractivity contribution in [2.24, 2.45) is 5.92 Å². The van der Waals surface area contributed by atoms with Gasteiger partial charge in [0.15, 0.2) is 5.60 Å². The van der Waals surface area contributed by atoms with Crippen LogP contribution in [0.2, 0.25) is 0 Å². The number of carbonyl (C=O) groups is 2. The minimum Gasteiger partial charge on any atom is -0.493 e. The Morgan fingerprint density at radius 3 is 2.62 bits per heavy atom. The first-order valence-electron chi connectivity index (χ1n) is 15.4. The highest BCUT2D eigenvalue weighted by atomic mass is 16.5. The van der Waals surface area contributed by atoms with Crippen LogP contribution in [0.25, 0.3) is 11.1 Å². The van der Waals surface area contributed by atoms with Crippen molar-refractivity contribution < 1.29 is 24.2 Å². The SMILES string of the molecule is C=C.Cc1ccccc1OCCCC(=O)N1CC2CC2c2c(-c3cnn(Cc4cccc(OC(C)(C)C(=O)O)c4)c3)cccc21. The first kappa shape index (κ1) is 31.6. The maximum Gasteiger partial charge on any atom is 0.347 e. The van der Waals surface area contributed by atoms with Gasteiger partial charge in [-0.25, -0.2) is 4.79 Å². The molecule has 3 aromatic carbocycles. The highest BCUT2D eigenvalue weighted by Gasteiger charge is 2.47. The smallest absolute Gasteiger partial charge is 0.347 e. The fourth-order valence-electron chi connectivity index (χ4n) is 5.88. The third-order valence-electron chi connectivity index (χ3n) is 8.35. The number of benzene rings is 3. The van der Waals surface area contributed by atoms with Crippen LogP contribution in [-0.4, -0.2) is 45.5 Å². The summed E-state index contributed by atoms with van der Waals surface area (Å²) in [4.78, 5) is 26.9. The third-order valence-corrected chi connectivity index (χ3v) is 8.35. The molecule has 6 rings (SSSR count). The van der Waals surface area contributed by atoms with Gasteiger partial charge in [-0.05, 0) is 92.0 Å². The normalized spacial score (nSPS) is 16.5. The van der Waals surface area contributed by atoms with Gasteiger partial charge in [0.1, 0.15) is 11.5 Å². The molecule has 1 aliphatic heterocycles.